The molecule has 24 heavy (non-hydrogen) atoms. The van der Waals surface area contributed by atoms with Gasteiger partial charge in [-0.25, -0.2) is 13.4 Å². The summed E-state index contributed by atoms with van der Waals surface area (Å²) in [5.74, 6) is 0.593. The van der Waals surface area contributed by atoms with Gasteiger partial charge in [-0.15, -0.1) is 0 Å². The molecule has 0 aromatic carbocycles. The lowest BCUT2D eigenvalue weighted by Crippen LogP contribution is -2.31. The van der Waals surface area contributed by atoms with Gasteiger partial charge in [-0.2, -0.15) is 9.57 Å². The molecule has 2 aromatic rings. The number of nitrogens with zero attached hydrogens (tertiary/aromatic N) is 4. The molecule has 126 valence electrons. The highest BCUT2D eigenvalue weighted by Gasteiger charge is 2.37. The first-order chi connectivity index (χ1) is 11.4. The molecule has 9 heteroatoms. The number of hydrogen-bond donors (Lipinski definition) is 0. The van der Waals surface area contributed by atoms with E-state index in [9.17, 15) is 8.42 Å². The van der Waals surface area contributed by atoms with Gasteiger partial charge in [-0.05, 0) is 26.3 Å². The van der Waals surface area contributed by atoms with Crippen molar-refractivity contribution in [3.63, 3.8) is 0 Å². The van der Waals surface area contributed by atoms with Crippen LogP contribution in [0.25, 0.3) is 0 Å². The first kappa shape index (κ1) is 16.4. The Morgan fingerprint density at radius 3 is 2.92 bits per heavy atom. The predicted octanol–water partition coefficient (Wildman–Crippen LogP) is 1.40. The first-order valence-electron chi connectivity index (χ1n) is 7.37. The van der Waals surface area contributed by atoms with E-state index in [4.69, 9.17) is 14.5 Å². The van der Waals surface area contributed by atoms with Crippen LogP contribution in [0.4, 0.5) is 0 Å². The summed E-state index contributed by atoms with van der Waals surface area (Å²) in [4.78, 5) is 4.17. The number of aryl methyl sites for hydroxylation is 2. The van der Waals surface area contributed by atoms with Crippen LogP contribution in [0.3, 0.4) is 0 Å². The lowest BCUT2D eigenvalue weighted by Gasteiger charge is -2.16. The summed E-state index contributed by atoms with van der Waals surface area (Å²) in [6.07, 6.45) is 1.71. The molecule has 0 amide bonds. The summed E-state index contributed by atoms with van der Waals surface area (Å²) in [6.45, 7) is 3.73. The van der Waals surface area contributed by atoms with Gasteiger partial charge >= 0.3 is 0 Å². The third kappa shape index (κ3) is 2.98. The largest absolute Gasteiger partial charge is 0.473 e. The van der Waals surface area contributed by atoms with Crippen molar-refractivity contribution >= 4 is 10.0 Å². The maximum Gasteiger partial charge on any atom is 0.248 e. The molecule has 1 unspecified atom stereocenters. The Morgan fingerprint density at radius 2 is 2.25 bits per heavy atom. The van der Waals surface area contributed by atoms with E-state index in [1.807, 2.05) is 6.07 Å². The van der Waals surface area contributed by atoms with Crippen LogP contribution in [0, 0.1) is 25.2 Å². The fourth-order valence-corrected chi connectivity index (χ4v) is 4.48. The molecular formula is C15H16N4O4S. The minimum atomic E-state index is -3.67. The fourth-order valence-electron chi connectivity index (χ4n) is 2.70. The first-order valence-corrected chi connectivity index (χ1v) is 8.81. The average Bonchev–Trinajstić information content (AvgIpc) is 3.15. The molecule has 1 aliphatic heterocycles. The van der Waals surface area contributed by atoms with Crippen molar-refractivity contribution in [3.8, 4) is 11.9 Å². The second-order valence-electron chi connectivity index (χ2n) is 5.54. The second-order valence-corrected chi connectivity index (χ2v) is 7.41. The van der Waals surface area contributed by atoms with Crippen molar-refractivity contribution in [2.24, 2.45) is 0 Å². The standard InChI is InChI=1S/C15H16N4O4S/c1-10-15(11(2)23-18-10)24(20,21)19-6-4-13(9-19)22-14-7-12(8-16)3-5-17-14/h3,5,7,13H,4,6,9H2,1-2H3. The minimum absolute atomic E-state index is 0.118. The van der Waals surface area contributed by atoms with Crippen molar-refractivity contribution < 1.29 is 17.7 Å². The Hall–Kier alpha value is -2.44. The van der Waals surface area contributed by atoms with Crippen LogP contribution in [0.5, 0.6) is 5.88 Å². The summed E-state index contributed by atoms with van der Waals surface area (Å²) >= 11 is 0. The highest BCUT2D eigenvalue weighted by atomic mass is 32.2. The smallest absolute Gasteiger partial charge is 0.248 e. The molecule has 1 fully saturated rings. The topological polar surface area (TPSA) is 109 Å². The number of rotatable bonds is 4. The van der Waals surface area contributed by atoms with Gasteiger partial charge < -0.3 is 9.26 Å². The van der Waals surface area contributed by atoms with Gasteiger partial charge in [-0.1, -0.05) is 5.16 Å². The third-order valence-electron chi connectivity index (χ3n) is 3.82. The summed E-state index contributed by atoms with van der Waals surface area (Å²) in [6, 6.07) is 5.12. The van der Waals surface area contributed by atoms with Crippen LogP contribution in [0.15, 0.2) is 27.7 Å². The van der Waals surface area contributed by atoms with E-state index >= 15 is 0 Å². The number of sulfonamides is 1. The van der Waals surface area contributed by atoms with Crippen LogP contribution >= 0.6 is 0 Å². The highest BCUT2D eigenvalue weighted by Crippen LogP contribution is 2.27. The Labute approximate surface area is 139 Å². The summed E-state index contributed by atoms with van der Waals surface area (Å²) in [5.41, 5.74) is 0.790. The van der Waals surface area contributed by atoms with E-state index in [0.29, 0.717) is 30.1 Å². The predicted molar refractivity (Wildman–Crippen MR) is 82.7 cm³/mol. The molecule has 1 atom stereocenters. The molecule has 0 saturated carbocycles. The van der Waals surface area contributed by atoms with E-state index in [-0.39, 0.29) is 23.3 Å². The van der Waals surface area contributed by atoms with Gasteiger partial charge in [0.25, 0.3) is 0 Å². The lowest BCUT2D eigenvalue weighted by atomic mass is 10.3. The third-order valence-corrected chi connectivity index (χ3v) is 5.94. The van der Waals surface area contributed by atoms with Crippen molar-refractivity contribution in [2.75, 3.05) is 13.1 Å². The molecule has 3 heterocycles. The Morgan fingerprint density at radius 1 is 1.46 bits per heavy atom. The number of ether oxygens (including phenoxy) is 1. The van der Waals surface area contributed by atoms with Crippen LogP contribution in [-0.4, -0.2) is 42.1 Å². The van der Waals surface area contributed by atoms with E-state index in [1.54, 1.807) is 19.9 Å². The molecular weight excluding hydrogens is 332 g/mol. The molecule has 1 aliphatic rings. The molecule has 0 bridgehead atoms. The number of nitriles is 1. The molecule has 3 rings (SSSR count). The Kier molecular flexibility index (Phi) is 4.26. The average molecular weight is 348 g/mol. The van der Waals surface area contributed by atoms with Crippen LogP contribution in [0.2, 0.25) is 0 Å². The molecule has 0 spiro atoms. The SMILES string of the molecule is Cc1noc(C)c1S(=O)(=O)N1CCC(Oc2cc(C#N)ccn2)C1. The second kappa shape index (κ2) is 6.22. The highest BCUT2D eigenvalue weighted by molar-refractivity contribution is 7.89. The van der Waals surface area contributed by atoms with Crippen molar-refractivity contribution in [2.45, 2.75) is 31.3 Å². The van der Waals surface area contributed by atoms with Crippen molar-refractivity contribution in [1.82, 2.24) is 14.4 Å². The maximum atomic E-state index is 12.7. The molecule has 0 N–H and O–H groups in total. The van der Waals surface area contributed by atoms with Crippen LogP contribution in [0.1, 0.15) is 23.4 Å². The van der Waals surface area contributed by atoms with E-state index < -0.39 is 10.0 Å². The van der Waals surface area contributed by atoms with Gasteiger partial charge in [0.1, 0.15) is 16.7 Å². The van der Waals surface area contributed by atoms with E-state index in [0.717, 1.165) is 0 Å². The summed E-state index contributed by atoms with van der Waals surface area (Å²) in [7, 11) is -3.67. The Balaban J connectivity index is 1.74. The van der Waals surface area contributed by atoms with E-state index in [2.05, 4.69) is 10.1 Å². The molecule has 0 aliphatic carbocycles. The van der Waals surface area contributed by atoms with Gasteiger partial charge in [0.2, 0.25) is 15.9 Å². The summed E-state index contributed by atoms with van der Waals surface area (Å²) < 4.78 is 37.5. The maximum absolute atomic E-state index is 12.7. The quantitative estimate of drug-likeness (QED) is 0.821. The molecule has 1 saturated heterocycles. The zero-order chi connectivity index (χ0) is 17.3. The van der Waals surface area contributed by atoms with Gasteiger partial charge in [0.05, 0.1) is 18.2 Å². The van der Waals surface area contributed by atoms with Crippen molar-refractivity contribution in [1.29, 1.82) is 5.26 Å². The number of pyridine rings is 1. The Bertz CT molecular complexity index is 881. The number of hydrogen-bond acceptors (Lipinski definition) is 7. The lowest BCUT2D eigenvalue weighted by molar-refractivity contribution is 0.207. The van der Waals surface area contributed by atoms with Gasteiger partial charge in [0.15, 0.2) is 5.76 Å². The minimum Gasteiger partial charge on any atom is -0.473 e. The number of aromatic nitrogens is 2. The fraction of sp³-hybridized carbons (Fsp3) is 0.400. The zero-order valence-corrected chi connectivity index (χ0v) is 14.1. The van der Waals surface area contributed by atoms with E-state index in [1.165, 1.54) is 16.6 Å². The van der Waals surface area contributed by atoms with Gasteiger partial charge in [-0.3, -0.25) is 0 Å². The zero-order valence-electron chi connectivity index (χ0n) is 13.3. The molecule has 2 aromatic heterocycles. The normalized spacial score (nSPS) is 18.5. The van der Waals surface area contributed by atoms with Crippen LogP contribution < -0.4 is 4.74 Å². The van der Waals surface area contributed by atoms with Gasteiger partial charge in [0, 0.05) is 18.8 Å². The summed E-state index contributed by atoms with van der Waals surface area (Å²) in [5, 5.41) is 12.6. The molecule has 0 radical (unpaired) electrons. The molecule has 8 nitrogen and oxygen atoms in total. The van der Waals surface area contributed by atoms with Crippen molar-refractivity contribution in [3.05, 3.63) is 35.3 Å². The monoisotopic (exact) mass is 348 g/mol. The van der Waals surface area contributed by atoms with Crippen LogP contribution in [-0.2, 0) is 10.0 Å².